The lowest BCUT2D eigenvalue weighted by Gasteiger charge is -2.16. The summed E-state index contributed by atoms with van der Waals surface area (Å²) in [5, 5.41) is 10.2. The number of aliphatic carboxylic acids is 1. The quantitative estimate of drug-likeness (QED) is 0.292. The molecule has 0 aliphatic carbocycles. The molecule has 1 heterocycles. The first-order valence-electron chi connectivity index (χ1n) is 10.5. The summed E-state index contributed by atoms with van der Waals surface area (Å²) in [6, 6.07) is 19.4. The summed E-state index contributed by atoms with van der Waals surface area (Å²) in [6.07, 6.45) is 0.154. The third kappa shape index (κ3) is 4.82. The highest BCUT2D eigenvalue weighted by molar-refractivity contribution is 7.00. The van der Waals surface area contributed by atoms with E-state index in [1.54, 1.807) is 49.6 Å². The van der Waals surface area contributed by atoms with Gasteiger partial charge in [-0.2, -0.15) is 8.75 Å². The molecule has 0 bridgehead atoms. The summed E-state index contributed by atoms with van der Waals surface area (Å²) in [6.45, 7) is 0. The van der Waals surface area contributed by atoms with E-state index >= 15 is 0 Å². The van der Waals surface area contributed by atoms with E-state index < -0.39 is 5.97 Å². The second-order valence-electron chi connectivity index (χ2n) is 7.93. The number of benzene rings is 3. The van der Waals surface area contributed by atoms with Gasteiger partial charge in [0.25, 0.3) is 0 Å². The zero-order valence-corrected chi connectivity index (χ0v) is 19.8. The number of carbonyl (C=O) groups excluding carboxylic acids is 1. The fourth-order valence-corrected chi connectivity index (χ4v) is 4.23. The minimum absolute atomic E-state index is 0.0500. The van der Waals surface area contributed by atoms with Crippen LogP contribution in [-0.2, 0) is 11.2 Å². The summed E-state index contributed by atoms with van der Waals surface area (Å²) >= 11 is 1.06. The molecule has 4 rings (SSSR count). The molecule has 1 N–H and O–H groups in total. The number of allylic oxidation sites excluding steroid dienone is 1. The molecule has 0 amide bonds. The van der Waals surface area contributed by atoms with Crippen molar-refractivity contribution in [3.8, 4) is 5.75 Å². The number of fused-ring (bicyclic) bond motifs is 1. The van der Waals surface area contributed by atoms with Crippen LogP contribution in [0.15, 0.2) is 72.3 Å². The van der Waals surface area contributed by atoms with Crippen LogP contribution in [0.25, 0.3) is 16.6 Å². The van der Waals surface area contributed by atoms with Gasteiger partial charge in [-0.15, -0.1) is 0 Å². The Labute approximate surface area is 201 Å². The Hall–Kier alpha value is -4.04. The lowest BCUT2D eigenvalue weighted by atomic mass is 9.89. The molecule has 7 nitrogen and oxygen atoms in total. The second kappa shape index (κ2) is 9.84. The first kappa shape index (κ1) is 23.1. The summed E-state index contributed by atoms with van der Waals surface area (Å²) in [4.78, 5) is 28.2. The van der Waals surface area contributed by atoms with Crippen LogP contribution in [-0.4, -0.2) is 46.8 Å². The smallest absolute Gasteiger partial charge is 0.336 e. The van der Waals surface area contributed by atoms with Gasteiger partial charge >= 0.3 is 5.97 Å². The third-order valence-corrected chi connectivity index (χ3v) is 6.05. The Balaban J connectivity index is 1.89. The summed E-state index contributed by atoms with van der Waals surface area (Å²) < 4.78 is 13.6. The minimum atomic E-state index is -1.18. The zero-order valence-electron chi connectivity index (χ0n) is 19.0. The van der Waals surface area contributed by atoms with Crippen molar-refractivity contribution in [1.29, 1.82) is 0 Å². The van der Waals surface area contributed by atoms with Crippen molar-refractivity contribution in [2.75, 3.05) is 26.1 Å². The molecule has 0 atom stereocenters. The highest BCUT2D eigenvalue weighted by Gasteiger charge is 2.24. The van der Waals surface area contributed by atoms with Gasteiger partial charge in [-0.05, 0) is 59.7 Å². The predicted octanol–water partition coefficient (Wildman–Crippen LogP) is 4.73. The van der Waals surface area contributed by atoms with Crippen molar-refractivity contribution < 1.29 is 19.4 Å². The van der Waals surface area contributed by atoms with Crippen molar-refractivity contribution in [3.05, 3.63) is 89.0 Å². The van der Waals surface area contributed by atoms with E-state index in [1.807, 2.05) is 43.3 Å². The van der Waals surface area contributed by atoms with Gasteiger partial charge in [-0.25, -0.2) is 4.79 Å². The third-order valence-electron chi connectivity index (χ3n) is 5.49. The summed E-state index contributed by atoms with van der Waals surface area (Å²) in [7, 11) is 5.40. The second-order valence-corrected chi connectivity index (χ2v) is 8.45. The van der Waals surface area contributed by atoms with Crippen LogP contribution in [0.4, 0.5) is 5.69 Å². The van der Waals surface area contributed by atoms with Gasteiger partial charge in [0.05, 0.1) is 24.4 Å². The maximum atomic E-state index is 13.7. The monoisotopic (exact) mass is 473 g/mol. The number of hydrogen-bond donors (Lipinski definition) is 1. The first-order valence-corrected chi connectivity index (χ1v) is 11.2. The normalized spacial score (nSPS) is 11.7. The molecular weight excluding hydrogens is 450 g/mol. The average Bonchev–Trinajstić information content (AvgIpc) is 3.31. The van der Waals surface area contributed by atoms with Gasteiger partial charge < -0.3 is 14.7 Å². The van der Waals surface area contributed by atoms with Crippen molar-refractivity contribution >= 4 is 45.8 Å². The number of rotatable bonds is 8. The highest BCUT2D eigenvalue weighted by atomic mass is 32.1. The van der Waals surface area contributed by atoms with E-state index in [0.717, 1.165) is 23.0 Å². The number of hydrogen-bond acceptors (Lipinski definition) is 7. The molecule has 0 aliphatic rings. The Morgan fingerprint density at radius 1 is 0.941 bits per heavy atom. The molecule has 0 saturated carbocycles. The number of carboxylic acid groups (broad SMARTS) is 1. The zero-order chi connectivity index (χ0) is 24.2. The lowest BCUT2D eigenvalue weighted by molar-refractivity contribution is -0.130. The number of anilines is 1. The maximum absolute atomic E-state index is 13.7. The largest absolute Gasteiger partial charge is 0.497 e. The number of carboxylic acids is 1. The van der Waals surface area contributed by atoms with E-state index in [9.17, 15) is 14.7 Å². The topological polar surface area (TPSA) is 92.6 Å². The van der Waals surface area contributed by atoms with Gasteiger partial charge in [-0.1, -0.05) is 18.2 Å². The molecule has 4 aromatic rings. The van der Waals surface area contributed by atoms with Crippen LogP contribution in [0.2, 0.25) is 0 Å². The van der Waals surface area contributed by atoms with Crippen LogP contribution in [0.3, 0.4) is 0 Å². The fourth-order valence-electron chi connectivity index (χ4n) is 3.71. The number of ketones is 1. The highest BCUT2D eigenvalue weighted by Crippen LogP contribution is 2.29. The van der Waals surface area contributed by atoms with Crippen molar-refractivity contribution in [2.24, 2.45) is 0 Å². The number of Topliss-reactive ketones (excluding diaryl/α,β-unsaturated/α-hetero) is 1. The van der Waals surface area contributed by atoms with E-state index in [0.29, 0.717) is 27.9 Å². The first-order chi connectivity index (χ1) is 16.4. The molecule has 0 saturated heterocycles. The molecule has 3 aromatic carbocycles. The molecule has 0 unspecified atom stereocenters. The van der Waals surface area contributed by atoms with Crippen LogP contribution in [0.5, 0.6) is 5.75 Å². The summed E-state index contributed by atoms with van der Waals surface area (Å²) in [5.74, 6) is -0.921. The fraction of sp³-hybridized carbons (Fsp3) is 0.154. The maximum Gasteiger partial charge on any atom is 0.336 e. The summed E-state index contributed by atoms with van der Waals surface area (Å²) in [5.41, 5.74) is 4.00. The Bertz CT molecular complexity index is 1390. The number of carbonyl (C=O) groups is 2. The molecule has 0 spiro atoms. The van der Waals surface area contributed by atoms with Crippen LogP contribution in [0, 0.1) is 0 Å². The molecule has 0 fully saturated rings. The number of nitrogens with zero attached hydrogens (tertiary/aromatic N) is 3. The SMILES string of the molecule is COc1ccc(C(=O)/C(Cc2cccc(N(C)C)c2)=C(/C(=O)O)c2ccc3nsnc3c2)cc1. The van der Waals surface area contributed by atoms with Crippen molar-refractivity contribution in [1.82, 2.24) is 8.75 Å². The van der Waals surface area contributed by atoms with E-state index in [1.165, 1.54) is 0 Å². The van der Waals surface area contributed by atoms with Crippen molar-refractivity contribution in [2.45, 2.75) is 6.42 Å². The molecule has 0 radical (unpaired) electrons. The van der Waals surface area contributed by atoms with Crippen LogP contribution < -0.4 is 9.64 Å². The van der Waals surface area contributed by atoms with Gasteiger partial charge in [0.1, 0.15) is 16.8 Å². The van der Waals surface area contributed by atoms with Gasteiger partial charge in [-0.3, -0.25) is 4.79 Å². The van der Waals surface area contributed by atoms with Crippen molar-refractivity contribution in [3.63, 3.8) is 0 Å². The van der Waals surface area contributed by atoms with Crippen LogP contribution >= 0.6 is 11.7 Å². The molecule has 34 heavy (non-hydrogen) atoms. The Kier molecular flexibility index (Phi) is 6.70. The van der Waals surface area contributed by atoms with E-state index in [2.05, 4.69) is 8.75 Å². The Morgan fingerprint density at radius 3 is 2.32 bits per heavy atom. The molecule has 0 aliphatic heterocycles. The number of methoxy groups -OCH3 is 1. The van der Waals surface area contributed by atoms with Crippen LogP contribution in [0.1, 0.15) is 21.5 Å². The van der Waals surface area contributed by atoms with E-state index in [-0.39, 0.29) is 23.4 Å². The molecule has 1 aromatic heterocycles. The standard InChI is InChI=1S/C26H23N3O4S/c1-29(2)19-6-4-5-16(13-19)14-21(25(30)17-7-10-20(33-3)11-8-17)24(26(31)32)18-9-12-22-23(15-18)28-34-27-22/h4-13,15H,14H2,1-3H3,(H,31,32)/b24-21+. The molecular formula is C26H23N3O4S. The predicted molar refractivity (Wildman–Crippen MR) is 134 cm³/mol. The number of aromatic nitrogens is 2. The van der Waals surface area contributed by atoms with Gasteiger partial charge in [0.15, 0.2) is 5.78 Å². The lowest BCUT2D eigenvalue weighted by Crippen LogP contribution is -2.14. The number of ether oxygens (including phenoxy) is 1. The van der Waals surface area contributed by atoms with E-state index in [4.69, 9.17) is 4.74 Å². The van der Waals surface area contributed by atoms with Gasteiger partial charge in [0, 0.05) is 37.3 Å². The average molecular weight is 474 g/mol. The minimum Gasteiger partial charge on any atom is -0.497 e. The van der Waals surface area contributed by atoms with Gasteiger partial charge in [0.2, 0.25) is 0 Å². The Morgan fingerprint density at radius 2 is 1.65 bits per heavy atom. The molecule has 8 heteroatoms. The molecule has 172 valence electrons.